The summed E-state index contributed by atoms with van der Waals surface area (Å²) in [6, 6.07) is 13.8. The van der Waals surface area contributed by atoms with Gasteiger partial charge >= 0.3 is 12.1 Å². The fourth-order valence-electron chi connectivity index (χ4n) is 5.64. The Morgan fingerprint density at radius 3 is 1.63 bits per heavy atom. The van der Waals surface area contributed by atoms with E-state index < -0.39 is 54.8 Å². The number of benzene rings is 3. The average Bonchev–Trinajstić information content (AvgIpc) is 3.17. The van der Waals surface area contributed by atoms with Crippen LogP contribution in [0, 0.1) is 23.3 Å². The number of ether oxygens (including phenoxy) is 2. The lowest BCUT2D eigenvalue weighted by Gasteiger charge is -2.35. The standard InChI is InChI=1S/C21H24F2N2O4.C13H18F2N2O2.C4H8O2/c22-18-12-20(19(23)11-16(18)10-17(27)13-26)24-6-8-25(9-7-24)21(28)29-14-15-4-2-1-3-5-15;14-11-7-13(17-3-1-16-2-4-17)12(15)6-9(11)5-10(19)8-18;1-3-6-4(2)5/h1-5,11-12,17,26-27H,6-10,13-14H2;6-7,10,16,18-19H,1-5,8H2;3H2,1-2H3/t17-;10-;/m00./s1. The van der Waals surface area contributed by atoms with Crippen LogP contribution in [-0.4, -0.2) is 122 Å². The predicted molar refractivity (Wildman–Crippen MR) is 194 cm³/mol. The third-order valence-corrected chi connectivity index (χ3v) is 8.45. The second kappa shape index (κ2) is 22.7. The van der Waals surface area contributed by atoms with Crippen molar-refractivity contribution in [3.63, 3.8) is 0 Å². The number of aliphatic hydroxyl groups is 4. The summed E-state index contributed by atoms with van der Waals surface area (Å²) in [6.07, 6.45) is -2.91. The van der Waals surface area contributed by atoms with Gasteiger partial charge in [-0.2, -0.15) is 0 Å². The summed E-state index contributed by atoms with van der Waals surface area (Å²) in [5, 5.41) is 39.5. The topological polar surface area (TPSA) is 155 Å². The van der Waals surface area contributed by atoms with Crippen molar-refractivity contribution >= 4 is 23.4 Å². The highest BCUT2D eigenvalue weighted by Crippen LogP contribution is 2.26. The van der Waals surface area contributed by atoms with Gasteiger partial charge in [-0.15, -0.1) is 0 Å². The van der Waals surface area contributed by atoms with Crippen LogP contribution in [0.2, 0.25) is 0 Å². The fraction of sp³-hybridized carbons (Fsp3) is 0.474. The van der Waals surface area contributed by atoms with Gasteiger partial charge < -0.3 is 49.9 Å². The Morgan fingerprint density at radius 2 is 1.20 bits per heavy atom. The molecule has 3 aromatic rings. The largest absolute Gasteiger partial charge is 0.466 e. The van der Waals surface area contributed by atoms with Crippen LogP contribution in [-0.2, 0) is 33.7 Å². The lowest BCUT2D eigenvalue weighted by Crippen LogP contribution is -2.49. The Hall–Kier alpha value is -4.48. The van der Waals surface area contributed by atoms with Crippen molar-refractivity contribution in [3.8, 4) is 0 Å². The van der Waals surface area contributed by atoms with Gasteiger partial charge in [0.15, 0.2) is 0 Å². The molecular formula is C38H50F4N4O8. The molecule has 0 aromatic heterocycles. The number of hydrogen-bond acceptors (Lipinski definition) is 11. The van der Waals surface area contributed by atoms with E-state index in [0.29, 0.717) is 45.9 Å². The van der Waals surface area contributed by atoms with Crippen molar-refractivity contribution < 1.29 is 57.1 Å². The molecule has 3 aromatic carbocycles. The van der Waals surface area contributed by atoms with Crippen LogP contribution in [0.15, 0.2) is 54.6 Å². The van der Waals surface area contributed by atoms with Crippen LogP contribution in [0.4, 0.5) is 33.7 Å². The molecule has 298 valence electrons. The van der Waals surface area contributed by atoms with Gasteiger partial charge in [-0.25, -0.2) is 22.4 Å². The van der Waals surface area contributed by atoms with E-state index in [4.69, 9.17) is 14.9 Å². The summed E-state index contributed by atoms with van der Waals surface area (Å²) >= 11 is 0. The summed E-state index contributed by atoms with van der Waals surface area (Å²) in [6.45, 7) is 6.94. The number of aliphatic hydroxyl groups excluding tert-OH is 4. The maximum absolute atomic E-state index is 14.5. The van der Waals surface area contributed by atoms with Gasteiger partial charge in [0.05, 0.1) is 43.4 Å². The minimum atomic E-state index is -1.14. The molecule has 2 saturated heterocycles. The molecule has 54 heavy (non-hydrogen) atoms. The summed E-state index contributed by atoms with van der Waals surface area (Å²) in [4.78, 5) is 27.0. The minimum absolute atomic E-state index is 0.0101. The van der Waals surface area contributed by atoms with Crippen molar-refractivity contribution in [2.75, 3.05) is 82.0 Å². The van der Waals surface area contributed by atoms with Crippen molar-refractivity contribution in [3.05, 3.63) is 94.6 Å². The van der Waals surface area contributed by atoms with Gasteiger partial charge in [0.25, 0.3) is 0 Å². The van der Waals surface area contributed by atoms with E-state index in [0.717, 1.165) is 36.9 Å². The molecule has 0 aliphatic carbocycles. The van der Waals surface area contributed by atoms with Crippen LogP contribution in [0.3, 0.4) is 0 Å². The molecular weight excluding hydrogens is 716 g/mol. The zero-order valence-corrected chi connectivity index (χ0v) is 30.5. The number of rotatable bonds is 11. The second-order valence-corrected chi connectivity index (χ2v) is 12.5. The maximum atomic E-state index is 14.5. The van der Waals surface area contributed by atoms with E-state index in [9.17, 15) is 37.4 Å². The molecule has 2 aliphatic heterocycles. The highest BCUT2D eigenvalue weighted by atomic mass is 19.1. The molecule has 2 aliphatic rings. The van der Waals surface area contributed by atoms with Crippen LogP contribution < -0.4 is 15.1 Å². The Kier molecular flexibility index (Phi) is 18.4. The molecule has 0 saturated carbocycles. The molecule has 1 amide bonds. The van der Waals surface area contributed by atoms with Crippen molar-refractivity contribution in [1.29, 1.82) is 0 Å². The molecule has 2 fully saturated rings. The Balaban J connectivity index is 0.000000268. The monoisotopic (exact) mass is 766 g/mol. The van der Waals surface area contributed by atoms with E-state index >= 15 is 0 Å². The number of amides is 1. The number of esters is 1. The first-order chi connectivity index (χ1) is 25.9. The quantitative estimate of drug-likeness (QED) is 0.145. The van der Waals surface area contributed by atoms with Crippen LogP contribution >= 0.6 is 0 Å². The summed E-state index contributed by atoms with van der Waals surface area (Å²) in [5.74, 6) is -2.51. The molecule has 0 spiro atoms. The lowest BCUT2D eigenvalue weighted by molar-refractivity contribution is -0.140. The summed E-state index contributed by atoms with van der Waals surface area (Å²) in [7, 11) is 0. The van der Waals surface area contributed by atoms with Gasteiger partial charge in [-0.3, -0.25) is 4.79 Å². The second-order valence-electron chi connectivity index (χ2n) is 12.5. The molecule has 2 atom stereocenters. The number of piperazine rings is 2. The number of nitrogens with zero attached hydrogens (tertiary/aromatic N) is 3. The zero-order valence-electron chi connectivity index (χ0n) is 30.5. The molecule has 0 bridgehead atoms. The molecule has 16 heteroatoms. The van der Waals surface area contributed by atoms with Gasteiger partial charge in [-0.1, -0.05) is 30.3 Å². The molecule has 0 radical (unpaired) electrons. The van der Waals surface area contributed by atoms with Gasteiger partial charge in [0.2, 0.25) is 0 Å². The summed E-state index contributed by atoms with van der Waals surface area (Å²) < 4.78 is 66.3. The number of halogens is 4. The Labute approximate surface area is 312 Å². The van der Waals surface area contributed by atoms with Crippen LogP contribution in [0.25, 0.3) is 0 Å². The molecule has 5 N–H and O–H groups in total. The highest BCUT2D eigenvalue weighted by Gasteiger charge is 2.25. The Morgan fingerprint density at radius 1 is 0.722 bits per heavy atom. The van der Waals surface area contributed by atoms with Crippen LogP contribution in [0.1, 0.15) is 30.5 Å². The maximum Gasteiger partial charge on any atom is 0.410 e. The van der Waals surface area contributed by atoms with E-state index in [1.807, 2.05) is 30.3 Å². The fourth-order valence-corrected chi connectivity index (χ4v) is 5.64. The van der Waals surface area contributed by atoms with Gasteiger partial charge in [-0.05, 0) is 35.7 Å². The number of hydrogen-bond donors (Lipinski definition) is 5. The van der Waals surface area contributed by atoms with E-state index in [-0.39, 0.29) is 47.9 Å². The first-order valence-corrected chi connectivity index (χ1v) is 17.7. The van der Waals surface area contributed by atoms with Crippen molar-refractivity contribution in [1.82, 2.24) is 10.2 Å². The van der Waals surface area contributed by atoms with Crippen molar-refractivity contribution in [2.24, 2.45) is 0 Å². The normalized spacial score (nSPS) is 15.3. The number of carbonyl (C=O) groups excluding carboxylic acids is 2. The zero-order chi connectivity index (χ0) is 39.6. The van der Waals surface area contributed by atoms with Crippen molar-refractivity contribution in [2.45, 2.75) is 45.5 Å². The molecule has 2 heterocycles. The minimum Gasteiger partial charge on any atom is -0.466 e. The van der Waals surface area contributed by atoms with E-state index in [2.05, 4.69) is 10.1 Å². The average molecular weight is 767 g/mol. The third kappa shape index (κ3) is 14.1. The molecule has 0 unspecified atom stereocenters. The first-order valence-electron chi connectivity index (χ1n) is 17.7. The van der Waals surface area contributed by atoms with Crippen LogP contribution in [0.5, 0.6) is 0 Å². The smallest absolute Gasteiger partial charge is 0.410 e. The predicted octanol–water partition coefficient (Wildman–Crippen LogP) is 3.16. The lowest BCUT2D eigenvalue weighted by atomic mass is 10.1. The summed E-state index contributed by atoms with van der Waals surface area (Å²) in [5.41, 5.74) is 1.35. The number of nitrogens with one attached hydrogen (secondary N) is 1. The molecule has 12 nitrogen and oxygen atoms in total. The van der Waals surface area contributed by atoms with Gasteiger partial charge in [0, 0.05) is 84.3 Å². The SMILES string of the molecule is CCOC(C)=O.O=C(OCc1ccccc1)N1CCN(c2cc(F)c(C[C@H](O)CO)cc2F)CC1.OC[C@@H](O)Cc1cc(F)c(N2CCNCC2)cc1F. The van der Waals surface area contributed by atoms with Gasteiger partial charge in [0.1, 0.15) is 29.9 Å². The highest BCUT2D eigenvalue weighted by molar-refractivity contribution is 5.68. The Bertz CT molecular complexity index is 1610. The molecule has 5 rings (SSSR count). The van der Waals surface area contributed by atoms with E-state index in [1.54, 1.807) is 21.6 Å². The number of anilines is 2. The third-order valence-electron chi connectivity index (χ3n) is 8.45. The van der Waals surface area contributed by atoms with E-state index in [1.165, 1.54) is 13.0 Å². The number of carbonyl (C=O) groups is 2. The first kappa shape index (κ1) is 43.9.